The highest BCUT2D eigenvalue weighted by atomic mass is 15.1. The Balaban J connectivity index is 0.00000106. The second-order valence-electron chi connectivity index (χ2n) is 6.71. The lowest BCUT2D eigenvalue weighted by Crippen LogP contribution is -2.32. The Bertz CT molecular complexity index is 358. The van der Waals surface area contributed by atoms with E-state index < -0.39 is 0 Å². The molecule has 1 aromatic rings. The van der Waals surface area contributed by atoms with Gasteiger partial charge in [0.25, 0.3) is 0 Å². The molecule has 1 heteroatoms. The summed E-state index contributed by atoms with van der Waals surface area (Å²) in [6.45, 7) is 14.7. The quantitative estimate of drug-likeness (QED) is 0.688. The summed E-state index contributed by atoms with van der Waals surface area (Å²) < 4.78 is 0. The summed E-state index contributed by atoms with van der Waals surface area (Å²) in [6.07, 6.45) is 5.25. The van der Waals surface area contributed by atoms with Crippen molar-refractivity contribution in [2.45, 2.75) is 66.8 Å². The molecule has 1 aliphatic rings. The zero-order valence-corrected chi connectivity index (χ0v) is 14.9. The second kappa shape index (κ2) is 10.00. The molecule has 21 heavy (non-hydrogen) atoms. The first-order chi connectivity index (χ1) is 10.1. The number of likely N-dealkylation sites (tertiary alicyclic amines) is 1. The van der Waals surface area contributed by atoms with Crippen molar-refractivity contribution in [3.8, 4) is 0 Å². The Kier molecular flexibility index (Phi) is 8.68. The number of hydrogen-bond donors (Lipinski definition) is 0. The van der Waals surface area contributed by atoms with Crippen LogP contribution in [0.25, 0.3) is 0 Å². The zero-order chi connectivity index (χ0) is 15.7. The van der Waals surface area contributed by atoms with Gasteiger partial charge in [0.05, 0.1) is 0 Å². The van der Waals surface area contributed by atoms with Crippen molar-refractivity contribution >= 4 is 0 Å². The summed E-state index contributed by atoms with van der Waals surface area (Å²) in [4.78, 5) is 2.60. The van der Waals surface area contributed by atoms with E-state index in [2.05, 4.69) is 49.9 Å². The molecule has 0 N–H and O–H groups in total. The van der Waals surface area contributed by atoms with Crippen LogP contribution in [0.4, 0.5) is 0 Å². The molecule has 0 unspecified atom stereocenters. The molecule has 2 rings (SSSR count). The van der Waals surface area contributed by atoms with Gasteiger partial charge in [-0.1, -0.05) is 58.9 Å². The highest BCUT2D eigenvalue weighted by molar-refractivity contribution is 5.22. The Labute approximate surface area is 132 Å². The van der Waals surface area contributed by atoms with Crippen molar-refractivity contribution < 1.29 is 0 Å². The topological polar surface area (TPSA) is 3.24 Å². The molecule has 1 heterocycles. The second-order valence-corrected chi connectivity index (χ2v) is 6.71. The number of hydrogen-bond acceptors (Lipinski definition) is 1. The van der Waals surface area contributed by atoms with Gasteiger partial charge in [-0.3, -0.25) is 4.90 Å². The van der Waals surface area contributed by atoms with E-state index in [0.717, 1.165) is 18.4 Å². The predicted molar refractivity (Wildman–Crippen MR) is 94.6 cm³/mol. The molecule has 1 saturated heterocycles. The van der Waals surface area contributed by atoms with Gasteiger partial charge in [0, 0.05) is 6.54 Å². The minimum atomic E-state index is 0.801. The lowest BCUT2D eigenvalue weighted by Gasteiger charge is -2.30. The molecule has 0 radical (unpaired) electrons. The number of piperidine rings is 1. The van der Waals surface area contributed by atoms with Gasteiger partial charge < -0.3 is 0 Å². The summed E-state index contributed by atoms with van der Waals surface area (Å²) in [5, 5.41) is 0. The van der Waals surface area contributed by atoms with Gasteiger partial charge in [0.2, 0.25) is 0 Å². The Hall–Kier alpha value is -0.820. The molecule has 120 valence electrons. The molecule has 1 fully saturated rings. The van der Waals surface area contributed by atoms with Gasteiger partial charge in [-0.05, 0) is 61.7 Å². The lowest BCUT2D eigenvalue weighted by molar-refractivity contribution is 0.185. The SMILES string of the molecule is CC.CC(C)CCc1ccc(CN2CCC(C)CC2)cc1. The fourth-order valence-corrected chi connectivity index (χ4v) is 2.75. The van der Waals surface area contributed by atoms with Crippen molar-refractivity contribution in [2.75, 3.05) is 13.1 Å². The van der Waals surface area contributed by atoms with Crippen LogP contribution in [-0.2, 0) is 13.0 Å². The first kappa shape index (κ1) is 18.2. The van der Waals surface area contributed by atoms with Crippen LogP contribution in [0.5, 0.6) is 0 Å². The monoisotopic (exact) mass is 289 g/mol. The first-order valence-electron chi connectivity index (χ1n) is 8.93. The fraction of sp³-hybridized carbons (Fsp3) is 0.700. The zero-order valence-electron chi connectivity index (χ0n) is 14.9. The van der Waals surface area contributed by atoms with Crippen molar-refractivity contribution in [1.29, 1.82) is 0 Å². The van der Waals surface area contributed by atoms with Gasteiger partial charge in [0.1, 0.15) is 0 Å². The van der Waals surface area contributed by atoms with Crippen LogP contribution >= 0.6 is 0 Å². The normalized spacial score (nSPS) is 16.7. The molecule has 1 nitrogen and oxygen atoms in total. The maximum atomic E-state index is 2.60. The molecule has 0 amide bonds. The Morgan fingerprint density at radius 1 is 1.00 bits per heavy atom. The average Bonchev–Trinajstić information content (AvgIpc) is 2.51. The fourth-order valence-electron chi connectivity index (χ4n) is 2.75. The van der Waals surface area contributed by atoms with Crippen LogP contribution in [0.1, 0.15) is 65.0 Å². The summed E-state index contributed by atoms with van der Waals surface area (Å²) in [7, 11) is 0. The van der Waals surface area contributed by atoms with Gasteiger partial charge in [-0.25, -0.2) is 0 Å². The summed E-state index contributed by atoms with van der Waals surface area (Å²) in [5.74, 6) is 1.73. The third-order valence-electron chi connectivity index (χ3n) is 4.32. The molecule has 1 aliphatic heterocycles. The smallest absolute Gasteiger partial charge is 0.0233 e. The van der Waals surface area contributed by atoms with Crippen molar-refractivity contribution in [3.05, 3.63) is 35.4 Å². The summed E-state index contributed by atoms with van der Waals surface area (Å²) in [5.41, 5.74) is 2.97. The van der Waals surface area contributed by atoms with Crippen LogP contribution in [0.15, 0.2) is 24.3 Å². The number of nitrogens with zero attached hydrogens (tertiary/aromatic N) is 1. The minimum Gasteiger partial charge on any atom is -0.299 e. The van der Waals surface area contributed by atoms with E-state index in [9.17, 15) is 0 Å². The highest BCUT2D eigenvalue weighted by Crippen LogP contribution is 2.18. The van der Waals surface area contributed by atoms with E-state index in [0.29, 0.717) is 0 Å². The Morgan fingerprint density at radius 3 is 2.05 bits per heavy atom. The van der Waals surface area contributed by atoms with E-state index in [1.54, 1.807) is 0 Å². The maximum Gasteiger partial charge on any atom is 0.0233 e. The van der Waals surface area contributed by atoms with Crippen LogP contribution in [0.2, 0.25) is 0 Å². The summed E-state index contributed by atoms with van der Waals surface area (Å²) in [6, 6.07) is 9.30. The molecule has 1 aromatic carbocycles. The molecule has 0 saturated carbocycles. The largest absolute Gasteiger partial charge is 0.299 e. The van der Waals surface area contributed by atoms with E-state index in [-0.39, 0.29) is 0 Å². The average molecular weight is 290 g/mol. The minimum absolute atomic E-state index is 0.801. The van der Waals surface area contributed by atoms with Crippen LogP contribution < -0.4 is 0 Å². The third-order valence-corrected chi connectivity index (χ3v) is 4.32. The van der Waals surface area contributed by atoms with Gasteiger partial charge in [-0.2, -0.15) is 0 Å². The number of benzene rings is 1. The lowest BCUT2D eigenvalue weighted by atomic mass is 9.98. The molecule has 0 aromatic heterocycles. The molecule has 0 aliphatic carbocycles. The molecule has 0 spiro atoms. The summed E-state index contributed by atoms with van der Waals surface area (Å²) >= 11 is 0. The van der Waals surface area contributed by atoms with Crippen molar-refractivity contribution in [2.24, 2.45) is 11.8 Å². The molecular formula is C20H35N. The molecular weight excluding hydrogens is 254 g/mol. The van der Waals surface area contributed by atoms with Gasteiger partial charge in [0.15, 0.2) is 0 Å². The third kappa shape index (κ3) is 7.13. The Morgan fingerprint density at radius 2 is 1.52 bits per heavy atom. The van der Waals surface area contributed by atoms with E-state index in [4.69, 9.17) is 0 Å². The molecule has 0 bridgehead atoms. The predicted octanol–water partition coefficient (Wildman–Crippen LogP) is 5.53. The van der Waals surface area contributed by atoms with E-state index >= 15 is 0 Å². The van der Waals surface area contributed by atoms with Crippen molar-refractivity contribution in [3.63, 3.8) is 0 Å². The van der Waals surface area contributed by atoms with Crippen LogP contribution in [0, 0.1) is 11.8 Å². The first-order valence-corrected chi connectivity index (χ1v) is 8.93. The number of rotatable bonds is 5. The molecule has 0 atom stereocenters. The van der Waals surface area contributed by atoms with E-state index in [1.165, 1.54) is 49.9 Å². The van der Waals surface area contributed by atoms with Gasteiger partial charge in [-0.15, -0.1) is 0 Å². The van der Waals surface area contributed by atoms with Crippen LogP contribution in [0.3, 0.4) is 0 Å². The van der Waals surface area contributed by atoms with Crippen LogP contribution in [-0.4, -0.2) is 18.0 Å². The standard InChI is InChI=1S/C18H29N.C2H6/c1-15(2)4-5-17-6-8-18(9-7-17)14-19-12-10-16(3)11-13-19;1-2/h6-9,15-16H,4-5,10-14H2,1-3H3;1-2H3. The van der Waals surface area contributed by atoms with E-state index in [1.807, 2.05) is 13.8 Å². The van der Waals surface area contributed by atoms with Gasteiger partial charge >= 0.3 is 0 Å². The number of aryl methyl sites for hydroxylation is 1. The maximum absolute atomic E-state index is 2.60. The highest BCUT2D eigenvalue weighted by Gasteiger charge is 2.15. The van der Waals surface area contributed by atoms with Crippen molar-refractivity contribution in [1.82, 2.24) is 4.90 Å².